The van der Waals surface area contributed by atoms with E-state index in [1.165, 1.54) is 12.1 Å². The molecule has 1 amide bonds. The molecule has 1 aliphatic heterocycles. The molecule has 1 atom stereocenters. The molecule has 104 valence electrons. The van der Waals surface area contributed by atoms with Crippen LogP contribution in [0.2, 0.25) is 0 Å². The highest BCUT2D eigenvalue weighted by molar-refractivity contribution is 7.80. The summed E-state index contributed by atoms with van der Waals surface area (Å²) in [5, 5.41) is 0. The number of halogens is 2. The molecule has 0 N–H and O–H groups in total. The van der Waals surface area contributed by atoms with Gasteiger partial charge in [-0.25, -0.2) is 0 Å². The highest BCUT2D eigenvalue weighted by atomic mass is 32.1. The van der Waals surface area contributed by atoms with E-state index in [9.17, 15) is 13.6 Å². The van der Waals surface area contributed by atoms with Crippen LogP contribution in [0, 0.1) is 5.92 Å². The van der Waals surface area contributed by atoms with Gasteiger partial charge >= 0.3 is 6.61 Å². The molecule has 1 aromatic carbocycles. The zero-order valence-corrected chi connectivity index (χ0v) is 11.2. The van der Waals surface area contributed by atoms with Crippen LogP contribution in [0.15, 0.2) is 24.3 Å². The third-order valence-corrected chi connectivity index (χ3v) is 3.59. The molecule has 1 unspecified atom stereocenters. The van der Waals surface area contributed by atoms with Crippen molar-refractivity contribution < 1.29 is 18.3 Å². The SMILES string of the molecule is O=C1CC(CS)CN1Cc1ccc(OC(F)F)cc1. The first-order chi connectivity index (χ1) is 9.08. The van der Waals surface area contributed by atoms with Gasteiger partial charge in [0.25, 0.3) is 0 Å². The topological polar surface area (TPSA) is 29.5 Å². The number of thiol groups is 1. The highest BCUT2D eigenvalue weighted by Gasteiger charge is 2.28. The summed E-state index contributed by atoms with van der Waals surface area (Å²) in [5.41, 5.74) is 0.898. The van der Waals surface area contributed by atoms with Gasteiger partial charge in [-0.1, -0.05) is 12.1 Å². The predicted molar refractivity (Wildman–Crippen MR) is 70.5 cm³/mol. The number of amides is 1. The van der Waals surface area contributed by atoms with Crippen LogP contribution >= 0.6 is 12.6 Å². The zero-order valence-electron chi connectivity index (χ0n) is 10.3. The van der Waals surface area contributed by atoms with Crippen molar-refractivity contribution in [2.24, 2.45) is 5.92 Å². The zero-order chi connectivity index (χ0) is 13.8. The Morgan fingerprint density at radius 1 is 1.37 bits per heavy atom. The van der Waals surface area contributed by atoms with Crippen LogP contribution < -0.4 is 4.74 Å². The summed E-state index contributed by atoms with van der Waals surface area (Å²) in [6, 6.07) is 6.36. The van der Waals surface area contributed by atoms with E-state index < -0.39 is 6.61 Å². The number of ether oxygens (including phenoxy) is 1. The van der Waals surface area contributed by atoms with Crippen molar-refractivity contribution in [3.05, 3.63) is 29.8 Å². The minimum absolute atomic E-state index is 0.118. The molecular weight excluding hydrogens is 272 g/mol. The van der Waals surface area contributed by atoms with Crippen LogP contribution in [0.4, 0.5) is 8.78 Å². The van der Waals surface area contributed by atoms with E-state index in [0.29, 0.717) is 31.2 Å². The third kappa shape index (κ3) is 3.83. The van der Waals surface area contributed by atoms with Gasteiger partial charge in [0.2, 0.25) is 5.91 Å². The lowest BCUT2D eigenvalue weighted by Crippen LogP contribution is -2.24. The summed E-state index contributed by atoms with van der Waals surface area (Å²) >= 11 is 4.20. The van der Waals surface area contributed by atoms with Crippen LogP contribution in [-0.4, -0.2) is 29.7 Å². The molecule has 1 aromatic rings. The van der Waals surface area contributed by atoms with Gasteiger partial charge in [-0.3, -0.25) is 4.79 Å². The quantitative estimate of drug-likeness (QED) is 0.843. The molecule has 19 heavy (non-hydrogen) atoms. The maximum atomic E-state index is 12.0. The van der Waals surface area contributed by atoms with E-state index in [2.05, 4.69) is 17.4 Å². The Morgan fingerprint density at radius 3 is 2.58 bits per heavy atom. The Morgan fingerprint density at radius 2 is 2.05 bits per heavy atom. The highest BCUT2D eigenvalue weighted by Crippen LogP contribution is 2.22. The van der Waals surface area contributed by atoms with Crippen molar-refractivity contribution in [2.45, 2.75) is 19.6 Å². The second kappa shape index (κ2) is 6.23. The second-order valence-corrected chi connectivity index (χ2v) is 4.91. The molecule has 1 heterocycles. The van der Waals surface area contributed by atoms with Gasteiger partial charge in [0, 0.05) is 19.5 Å². The van der Waals surface area contributed by atoms with E-state index in [0.717, 1.165) is 5.56 Å². The van der Waals surface area contributed by atoms with E-state index in [1.54, 1.807) is 17.0 Å². The first kappa shape index (κ1) is 14.1. The number of carbonyl (C=O) groups excluding carboxylic acids is 1. The second-order valence-electron chi connectivity index (χ2n) is 4.55. The molecule has 1 saturated heterocycles. The summed E-state index contributed by atoms with van der Waals surface area (Å²) in [5.74, 6) is 1.24. The normalized spacial score (nSPS) is 19.3. The average Bonchev–Trinajstić information content (AvgIpc) is 2.72. The van der Waals surface area contributed by atoms with E-state index in [-0.39, 0.29) is 11.7 Å². The van der Waals surface area contributed by atoms with Gasteiger partial charge in [0.1, 0.15) is 5.75 Å². The fourth-order valence-corrected chi connectivity index (χ4v) is 2.37. The van der Waals surface area contributed by atoms with Crippen LogP contribution in [0.5, 0.6) is 5.75 Å². The third-order valence-electron chi connectivity index (χ3n) is 3.07. The molecular formula is C13H15F2NO2S. The number of nitrogens with zero attached hydrogens (tertiary/aromatic N) is 1. The van der Waals surface area contributed by atoms with Gasteiger partial charge in [0.15, 0.2) is 0 Å². The van der Waals surface area contributed by atoms with Gasteiger partial charge in [-0.2, -0.15) is 21.4 Å². The molecule has 1 aliphatic rings. The smallest absolute Gasteiger partial charge is 0.387 e. The lowest BCUT2D eigenvalue weighted by molar-refractivity contribution is -0.128. The number of carbonyl (C=O) groups is 1. The molecule has 0 radical (unpaired) electrons. The molecule has 1 fully saturated rings. The fraction of sp³-hybridized carbons (Fsp3) is 0.462. The fourth-order valence-electron chi connectivity index (χ4n) is 2.13. The summed E-state index contributed by atoms with van der Waals surface area (Å²) in [6.07, 6.45) is 0.538. The Kier molecular flexibility index (Phi) is 4.63. The molecule has 0 bridgehead atoms. The Bertz CT molecular complexity index is 439. The number of benzene rings is 1. The van der Waals surface area contributed by atoms with Crippen molar-refractivity contribution >= 4 is 18.5 Å². The number of hydrogen-bond donors (Lipinski definition) is 1. The minimum Gasteiger partial charge on any atom is -0.435 e. The first-order valence-corrected chi connectivity index (χ1v) is 6.64. The van der Waals surface area contributed by atoms with Gasteiger partial charge in [-0.05, 0) is 29.4 Å². The summed E-state index contributed by atoms with van der Waals surface area (Å²) in [4.78, 5) is 13.5. The first-order valence-electron chi connectivity index (χ1n) is 6.01. The molecule has 0 spiro atoms. The summed E-state index contributed by atoms with van der Waals surface area (Å²) in [7, 11) is 0. The maximum Gasteiger partial charge on any atom is 0.387 e. The molecule has 2 rings (SSSR count). The number of alkyl halides is 2. The standard InChI is InChI=1S/C13H15F2NO2S/c14-13(15)18-11-3-1-9(2-4-11)6-16-7-10(8-19)5-12(16)17/h1-4,10,13,19H,5-8H2. The van der Waals surface area contributed by atoms with E-state index in [4.69, 9.17) is 0 Å². The van der Waals surface area contributed by atoms with Crippen LogP contribution in [-0.2, 0) is 11.3 Å². The Hall–Kier alpha value is -1.30. The van der Waals surface area contributed by atoms with Crippen molar-refractivity contribution in [3.8, 4) is 5.75 Å². The predicted octanol–water partition coefficient (Wildman–Crippen LogP) is 2.57. The van der Waals surface area contributed by atoms with Crippen LogP contribution in [0.3, 0.4) is 0 Å². The monoisotopic (exact) mass is 287 g/mol. The van der Waals surface area contributed by atoms with Gasteiger partial charge in [0.05, 0.1) is 0 Å². The number of hydrogen-bond acceptors (Lipinski definition) is 3. The molecule has 3 nitrogen and oxygen atoms in total. The molecule has 0 aliphatic carbocycles. The van der Waals surface area contributed by atoms with E-state index >= 15 is 0 Å². The number of likely N-dealkylation sites (tertiary alicyclic amines) is 1. The Labute approximate surface area is 116 Å². The largest absolute Gasteiger partial charge is 0.435 e. The summed E-state index contributed by atoms with van der Waals surface area (Å²) in [6.45, 7) is -1.61. The van der Waals surface area contributed by atoms with Crippen LogP contribution in [0.1, 0.15) is 12.0 Å². The van der Waals surface area contributed by atoms with Crippen molar-refractivity contribution in [3.63, 3.8) is 0 Å². The van der Waals surface area contributed by atoms with Crippen molar-refractivity contribution in [2.75, 3.05) is 12.3 Å². The molecule has 0 aromatic heterocycles. The lowest BCUT2D eigenvalue weighted by Gasteiger charge is -2.16. The van der Waals surface area contributed by atoms with E-state index in [1.807, 2.05) is 0 Å². The van der Waals surface area contributed by atoms with Gasteiger partial charge < -0.3 is 9.64 Å². The average molecular weight is 287 g/mol. The maximum absolute atomic E-state index is 12.0. The molecule has 6 heteroatoms. The lowest BCUT2D eigenvalue weighted by atomic mass is 10.1. The van der Waals surface area contributed by atoms with Crippen molar-refractivity contribution in [1.82, 2.24) is 4.90 Å². The number of rotatable bonds is 5. The van der Waals surface area contributed by atoms with Crippen LogP contribution in [0.25, 0.3) is 0 Å². The minimum atomic E-state index is -2.82. The molecule has 0 saturated carbocycles. The summed E-state index contributed by atoms with van der Waals surface area (Å²) < 4.78 is 28.3. The van der Waals surface area contributed by atoms with Crippen molar-refractivity contribution in [1.29, 1.82) is 0 Å². The van der Waals surface area contributed by atoms with Gasteiger partial charge in [-0.15, -0.1) is 0 Å². The Balaban J connectivity index is 1.94.